The number of rotatable bonds is 8. The molecule has 1 amide bonds. The molecule has 0 fully saturated rings. The average molecular weight is 409 g/mol. The molecule has 0 spiro atoms. The standard InChI is InChI=1S/C21H22F3NO4/c1-14(2)13-28-18-10-8-15(12-19(18)27-3)9-11-20(26)25-16-6-4-5-7-17(16)29-21(22,23)24/h4-12,14H,13H2,1-3H3,(H,25,26)/b11-9+. The third-order valence-electron chi connectivity index (χ3n) is 3.56. The Morgan fingerprint density at radius 1 is 1.10 bits per heavy atom. The predicted octanol–water partition coefficient (Wildman–Crippen LogP) is 5.28. The van der Waals surface area contributed by atoms with E-state index in [9.17, 15) is 18.0 Å². The van der Waals surface area contributed by atoms with E-state index in [1.807, 2.05) is 13.8 Å². The number of ether oxygens (including phenoxy) is 3. The number of methoxy groups -OCH3 is 1. The van der Waals surface area contributed by atoms with Gasteiger partial charge in [0, 0.05) is 6.08 Å². The minimum atomic E-state index is -4.85. The van der Waals surface area contributed by atoms with Crippen molar-refractivity contribution in [3.05, 3.63) is 54.1 Å². The Bertz CT molecular complexity index is 863. The maximum Gasteiger partial charge on any atom is 0.573 e. The molecule has 5 nitrogen and oxygen atoms in total. The normalized spacial score (nSPS) is 11.6. The molecule has 0 atom stereocenters. The number of anilines is 1. The lowest BCUT2D eigenvalue weighted by Crippen LogP contribution is -2.19. The quantitative estimate of drug-likeness (QED) is 0.603. The Balaban J connectivity index is 2.08. The smallest absolute Gasteiger partial charge is 0.493 e. The van der Waals surface area contributed by atoms with E-state index >= 15 is 0 Å². The molecule has 0 unspecified atom stereocenters. The first kappa shape index (κ1) is 22.1. The van der Waals surface area contributed by atoms with Gasteiger partial charge in [-0.1, -0.05) is 32.0 Å². The van der Waals surface area contributed by atoms with Crippen molar-refractivity contribution in [2.24, 2.45) is 5.92 Å². The maximum absolute atomic E-state index is 12.5. The van der Waals surface area contributed by atoms with Gasteiger partial charge in [-0.15, -0.1) is 13.2 Å². The van der Waals surface area contributed by atoms with Crippen molar-refractivity contribution < 1.29 is 32.2 Å². The molecule has 156 valence electrons. The van der Waals surface area contributed by atoms with Crippen LogP contribution in [0, 0.1) is 5.92 Å². The Morgan fingerprint density at radius 3 is 2.48 bits per heavy atom. The molecule has 0 aromatic heterocycles. The van der Waals surface area contributed by atoms with Gasteiger partial charge in [0.1, 0.15) is 0 Å². The van der Waals surface area contributed by atoms with Crippen LogP contribution in [0.4, 0.5) is 18.9 Å². The molecule has 0 saturated carbocycles. The van der Waals surface area contributed by atoms with Crippen molar-refractivity contribution in [3.63, 3.8) is 0 Å². The second-order valence-electron chi connectivity index (χ2n) is 6.48. The Morgan fingerprint density at radius 2 is 1.83 bits per heavy atom. The first-order chi connectivity index (χ1) is 13.7. The second kappa shape index (κ2) is 9.86. The topological polar surface area (TPSA) is 56.8 Å². The summed E-state index contributed by atoms with van der Waals surface area (Å²) < 4.78 is 52.3. The highest BCUT2D eigenvalue weighted by Crippen LogP contribution is 2.30. The Kier molecular flexibility index (Phi) is 7.52. The number of benzene rings is 2. The largest absolute Gasteiger partial charge is 0.573 e. The fraction of sp³-hybridized carbons (Fsp3) is 0.286. The third-order valence-corrected chi connectivity index (χ3v) is 3.56. The Labute approximate surface area is 167 Å². The summed E-state index contributed by atoms with van der Waals surface area (Å²) in [5, 5.41) is 2.37. The van der Waals surface area contributed by atoms with E-state index in [1.165, 1.54) is 37.5 Å². The van der Waals surface area contributed by atoms with Crippen LogP contribution < -0.4 is 19.5 Å². The molecule has 0 aliphatic rings. The molecule has 29 heavy (non-hydrogen) atoms. The molecule has 2 aromatic rings. The summed E-state index contributed by atoms with van der Waals surface area (Å²) in [7, 11) is 1.51. The molecular formula is C21H22F3NO4. The number of halogens is 3. The molecule has 2 aromatic carbocycles. The SMILES string of the molecule is COc1cc(/C=C/C(=O)Nc2ccccc2OC(F)(F)F)ccc1OCC(C)C. The van der Waals surface area contributed by atoms with Crippen LogP contribution in [0.2, 0.25) is 0 Å². The fourth-order valence-corrected chi connectivity index (χ4v) is 2.29. The van der Waals surface area contributed by atoms with Gasteiger partial charge in [0.05, 0.1) is 19.4 Å². The van der Waals surface area contributed by atoms with Crippen molar-refractivity contribution in [2.75, 3.05) is 19.0 Å². The van der Waals surface area contributed by atoms with E-state index < -0.39 is 18.0 Å². The van der Waals surface area contributed by atoms with Gasteiger partial charge in [-0.25, -0.2) is 0 Å². The van der Waals surface area contributed by atoms with Gasteiger partial charge >= 0.3 is 6.36 Å². The summed E-state index contributed by atoms with van der Waals surface area (Å²) in [6.07, 6.45) is -2.14. The van der Waals surface area contributed by atoms with Crippen LogP contribution in [0.3, 0.4) is 0 Å². The summed E-state index contributed by atoms with van der Waals surface area (Å²) >= 11 is 0. The number of hydrogen-bond donors (Lipinski definition) is 1. The highest BCUT2D eigenvalue weighted by molar-refractivity contribution is 6.02. The summed E-state index contributed by atoms with van der Waals surface area (Å²) in [6, 6.07) is 10.5. The van der Waals surface area contributed by atoms with Crippen LogP contribution in [0.25, 0.3) is 6.08 Å². The lowest BCUT2D eigenvalue weighted by Gasteiger charge is -2.13. The molecular weight excluding hydrogens is 387 g/mol. The van der Waals surface area contributed by atoms with Gasteiger partial charge < -0.3 is 19.5 Å². The molecule has 1 N–H and O–H groups in total. The second-order valence-corrected chi connectivity index (χ2v) is 6.48. The minimum Gasteiger partial charge on any atom is -0.493 e. The van der Waals surface area contributed by atoms with Gasteiger partial charge in [0.2, 0.25) is 5.91 Å². The van der Waals surface area contributed by atoms with Crippen molar-refractivity contribution in [2.45, 2.75) is 20.2 Å². The van der Waals surface area contributed by atoms with Crippen LogP contribution in [0.15, 0.2) is 48.5 Å². The van der Waals surface area contributed by atoms with Crippen molar-refractivity contribution in [1.82, 2.24) is 0 Å². The van der Waals surface area contributed by atoms with Crippen molar-refractivity contribution in [1.29, 1.82) is 0 Å². The van der Waals surface area contributed by atoms with E-state index in [0.29, 0.717) is 29.6 Å². The molecule has 0 heterocycles. The number of amides is 1. The van der Waals surface area contributed by atoms with Gasteiger partial charge in [0.25, 0.3) is 0 Å². The molecule has 0 aliphatic carbocycles. The molecule has 0 radical (unpaired) electrons. The fourth-order valence-electron chi connectivity index (χ4n) is 2.29. The number of para-hydroxylation sites is 2. The van der Waals surface area contributed by atoms with Gasteiger partial charge in [-0.3, -0.25) is 4.79 Å². The number of nitrogens with one attached hydrogen (secondary N) is 1. The van der Waals surface area contributed by atoms with Gasteiger partial charge in [-0.2, -0.15) is 0 Å². The molecule has 2 rings (SSSR count). The van der Waals surface area contributed by atoms with E-state index in [4.69, 9.17) is 9.47 Å². The van der Waals surface area contributed by atoms with Crippen LogP contribution >= 0.6 is 0 Å². The van der Waals surface area contributed by atoms with Gasteiger partial charge in [0.15, 0.2) is 17.2 Å². The lowest BCUT2D eigenvalue weighted by molar-refractivity contribution is -0.274. The van der Waals surface area contributed by atoms with E-state index in [1.54, 1.807) is 18.2 Å². The minimum absolute atomic E-state index is 0.0884. The number of alkyl halides is 3. The van der Waals surface area contributed by atoms with E-state index in [-0.39, 0.29) is 5.69 Å². The summed E-state index contributed by atoms with van der Waals surface area (Å²) in [4.78, 5) is 12.1. The molecule has 0 saturated heterocycles. The number of hydrogen-bond acceptors (Lipinski definition) is 4. The highest BCUT2D eigenvalue weighted by Gasteiger charge is 2.32. The summed E-state index contributed by atoms with van der Waals surface area (Å²) in [5.74, 6) is 0.350. The zero-order chi connectivity index (χ0) is 21.4. The highest BCUT2D eigenvalue weighted by atomic mass is 19.4. The van der Waals surface area contributed by atoms with Crippen LogP contribution in [0.5, 0.6) is 17.2 Å². The number of carbonyl (C=O) groups excluding carboxylic acids is 1. The molecule has 0 bridgehead atoms. The van der Waals surface area contributed by atoms with Gasteiger partial charge in [-0.05, 0) is 41.8 Å². The Hall–Kier alpha value is -3.16. The first-order valence-corrected chi connectivity index (χ1v) is 8.82. The third kappa shape index (κ3) is 7.40. The van der Waals surface area contributed by atoms with Crippen LogP contribution in [-0.2, 0) is 4.79 Å². The molecule has 8 heteroatoms. The van der Waals surface area contributed by atoms with Crippen LogP contribution in [0.1, 0.15) is 19.4 Å². The monoisotopic (exact) mass is 409 g/mol. The molecule has 0 aliphatic heterocycles. The first-order valence-electron chi connectivity index (χ1n) is 8.82. The number of carbonyl (C=O) groups is 1. The van der Waals surface area contributed by atoms with E-state index in [2.05, 4.69) is 10.1 Å². The van der Waals surface area contributed by atoms with Crippen molar-refractivity contribution >= 4 is 17.7 Å². The zero-order valence-corrected chi connectivity index (χ0v) is 16.2. The zero-order valence-electron chi connectivity index (χ0n) is 16.2. The van der Waals surface area contributed by atoms with Crippen LogP contribution in [-0.4, -0.2) is 26.0 Å². The maximum atomic E-state index is 12.5. The lowest BCUT2D eigenvalue weighted by atomic mass is 10.2. The predicted molar refractivity (Wildman–Crippen MR) is 104 cm³/mol. The summed E-state index contributed by atoms with van der Waals surface area (Å²) in [6.45, 7) is 4.59. The summed E-state index contributed by atoms with van der Waals surface area (Å²) in [5.41, 5.74) is 0.572. The van der Waals surface area contributed by atoms with Crippen molar-refractivity contribution in [3.8, 4) is 17.2 Å². The van der Waals surface area contributed by atoms with E-state index in [0.717, 1.165) is 6.07 Å². The average Bonchev–Trinajstić information content (AvgIpc) is 2.65.